The second-order valence-electron chi connectivity index (χ2n) is 6.45. The van der Waals surface area contributed by atoms with Crippen molar-refractivity contribution in [3.8, 4) is 11.3 Å². The maximum atomic E-state index is 14.1. The summed E-state index contributed by atoms with van der Waals surface area (Å²) < 4.78 is 40.8. The molecule has 4 N–H and O–H groups in total. The van der Waals surface area contributed by atoms with E-state index in [1.165, 1.54) is 18.2 Å². The van der Waals surface area contributed by atoms with Crippen LogP contribution in [-0.4, -0.2) is 22.5 Å². The summed E-state index contributed by atoms with van der Waals surface area (Å²) in [6.45, 7) is 0.182. The summed E-state index contributed by atoms with van der Waals surface area (Å²) in [5.74, 6) is -0.545. The highest BCUT2D eigenvalue weighted by atomic mass is 32.2. The highest BCUT2D eigenvalue weighted by Gasteiger charge is 2.27. The van der Waals surface area contributed by atoms with Crippen molar-refractivity contribution in [2.45, 2.75) is 25.2 Å². The maximum absolute atomic E-state index is 14.1. The molecule has 0 radical (unpaired) electrons. The zero-order valence-electron chi connectivity index (χ0n) is 14.6. The molecule has 1 saturated carbocycles. The molecule has 1 aliphatic rings. The molecule has 0 amide bonds. The molecular formula is C20H21F3N2OS. The molecule has 2 aromatic carbocycles. The van der Waals surface area contributed by atoms with E-state index in [4.69, 9.17) is 10.2 Å². The van der Waals surface area contributed by atoms with E-state index in [1.54, 1.807) is 12.1 Å². The maximum Gasteiger partial charge on any atom is 0.150 e. The molecule has 1 fully saturated rings. The van der Waals surface area contributed by atoms with Crippen LogP contribution >= 0.6 is 11.9 Å². The summed E-state index contributed by atoms with van der Waals surface area (Å²) in [7, 11) is 0. The molecule has 0 aliphatic heterocycles. The third-order valence-electron chi connectivity index (χ3n) is 4.72. The van der Waals surface area contributed by atoms with Crippen LogP contribution in [0.2, 0.25) is 0 Å². The van der Waals surface area contributed by atoms with Gasteiger partial charge in [0.25, 0.3) is 0 Å². The Morgan fingerprint density at radius 3 is 2.30 bits per heavy atom. The van der Waals surface area contributed by atoms with Gasteiger partial charge in [-0.1, -0.05) is 18.4 Å². The second kappa shape index (κ2) is 8.82. The molecule has 1 aromatic heterocycles. The molecule has 0 unspecified atom stereocenters. The Bertz CT molecular complexity index is 906. The van der Waals surface area contributed by atoms with Crippen LogP contribution in [0.1, 0.15) is 30.7 Å². The Morgan fingerprint density at radius 2 is 1.78 bits per heavy atom. The second-order valence-corrected chi connectivity index (χ2v) is 7.19. The van der Waals surface area contributed by atoms with Gasteiger partial charge in [-0.15, -0.1) is 0 Å². The molecular weight excluding hydrogens is 373 g/mol. The van der Waals surface area contributed by atoms with Crippen molar-refractivity contribution in [3.05, 3.63) is 59.4 Å². The number of halogens is 3. The number of fused-ring (bicyclic) bond motifs is 1. The van der Waals surface area contributed by atoms with Gasteiger partial charge in [-0.2, -0.15) is 0 Å². The molecule has 0 atom stereocenters. The summed E-state index contributed by atoms with van der Waals surface area (Å²) in [6, 6.07) is 8.35. The first-order chi connectivity index (χ1) is 13.0. The van der Waals surface area contributed by atoms with Crippen molar-refractivity contribution < 1.29 is 18.3 Å². The van der Waals surface area contributed by atoms with Gasteiger partial charge in [-0.05, 0) is 60.2 Å². The fourth-order valence-electron chi connectivity index (χ4n) is 3.26. The van der Waals surface area contributed by atoms with Crippen LogP contribution in [0, 0.1) is 17.5 Å². The normalized spacial score (nSPS) is 14.0. The number of rotatable bonds is 4. The molecule has 0 spiro atoms. The number of aliphatic hydroxyl groups is 1. The number of H-pyrrole nitrogens is 1. The summed E-state index contributed by atoms with van der Waals surface area (Å²) in [5.41, 5.74) is 2.83. The van der Waals surface area contributed by atoms with E-state index in [0.29, 0.717) is 22.6 Å². The van der Waals surface area contributed by atoms with E-state index in [0.717, 1.165) is 54.1 Å². The molecule has 3 nitrogen and oxygen atoms in total. The quantitative estimate of drug-likeness (QED) is 0.539. The topological polar surface area (TPSA) is 62.0 Å². The van der Waals surface area contributed by atoms with Crippen LogP contribution in [0.3, 0.4) is 0 Å². The fourth-order valence-corrected chi connectivity index (χ4v) is 3.36. The molecule has 144 valence electrons. The zero-order valence-corrected chi connectivity index (χ0v) is 15.5. The largest absolute Gasteiger partial charge is 0.395 e. The van der Waals surface area contributed by atoms with Crippen molar-refractivity contribution in [1.82, 2.24) is 4.98 Å². The Labute approximate surface area is 159 Å². The lowest BCUT2D eigenvalue weighted by molar-refractivity contribution is 0.322. The first kappa shape index (κ1) is 19.8. The molecule has 7 heteroatoms. The van der Waals surface area contributed by atoms with Gasteiger partial charge in [0.15, 0.2) is 0 Å². The molecule has 0 saturated heterocycles. The third-order valence-corrected chi connectivity index (χ3v) is 5.14. The highest BCUT2D eigenvalue weighted by Crippen LogP contribution is 2.45. The van der Waals surface area contributed by atoms with Gasteiger partial charge >= 0.3 is 0 Å². The van der Waals surface area contributed by atoms with Gasteiger partial charge in [0, 0.05) is 17.2 Å². The number of aromatic nitrogens is 1. The molecule has 1 heterocycles. The Balaban J connectivity index is 0.000000376. The van der Waals surface area contributed by atoms with E-state index >= 15 is 0 Å². The predicted octanol–water partition coefficient (Wildman–Crippen LogP) is 5.11. The number of aliphatic hydroxyl groups excluding tert-OH is 1. The lowest BCUT2D eigenvalue weighted by Gasteiger charge is -2.26. The van der Waals surface area contributed by atoms with Gasteiger partial charge in [0.2, 0.25) is 0 Å². The molecule has 4 rings (SSSR count). The van der Waals surface area contributed by atoms with E-state index < -0.39 is 11.6 Å². The van der Waals surface area contributed by atoms with Gasteiger partial charge in [0.05, 0.1) is 17.8 Å². The first-order valence-corrected chi connectivity index (χ1v) is 9.79. The average Bonchev–Trinajstić information content (AvgIpc) is 2.95. The number of benzene rings is 2. The van der Waals surface area contributed by atoms with Crippen LogP contribution in [0.5, 0.6) is 0 Å². The summed E-state index contributed by atoms with van der Waals surface area (Å²) in [6.07, 6.45) is 3.15. The number of nitrogens with one attached hydrogen (secondary N) is 1. The first-order valence-electron chi connectivity index (χ1n) is 8.74. The van der Waals surface area contributed by atoms with E-state index in [2.05, 4.69) is 4.98 Å². The van der Waals surface area contributed by atoms with E-state index in [-0.39, 0.29) is 12.4 Å². The van der Waals surface area contributed by atoms with Gasteiger partial charge in [-0.3, -0.25) is 5.14 Å². The van der Waals surface area contributed by atoms with Crippen molar-refractivity contribution in [1.29, 1.82) is 0 Å². The monoisotopic (exact) mass is 394 g/mol. The van der Waals surface area contributed by atoms with E-state index in [9.17, 15) is 13.2 Å². The van der Waals surface area contributed by atoms with Crippen LogP contribution in [0.4, 0.5) is 13.2 Å². The number of aromatic amines is 1. The lowest BCUT2D eigenvalue weighted by Crippen LogP contribution is -2.09. The minimum absolute atomic E-state index is 0.182. The SMILES string of the molecule is Fc1ccc(-c2[nH]c3c(F)cc(F)cc3c2C2CCC2)cc1.NSCCO. The Kier molecular flexibility index (Phi) is 6.46. The van der Waals surface area contributed by atoms with Crippen LogP contribution < -0.4 is 5.14 Å². The Hall–Kier alpha value is -1.96. The number of hydrogen-bond acceptors (Lipinski definition) is 3. The average molecular weight is 394 g/mol. The third kappa shape index (κ3) is 4.31. The summed E-state index contributed by atoms with van der Waals surface area (Å²) >= 11 is 1.15. The lowest BCUT2D eigenvalue weighted by atomic mass is 9.78. The van der Waals surface area contributed by atoms with Gasteiger partial charge in [-0.25, -0.2) is 13.2 Å². The van der Waals surface area contributed by atoms with Crippen molar-refractivity contribution in [2.24, 2.45) is 5.14 Å². The smallest absolute Gasteiger partial charge is 0.150 e. The predicted molar refractivity (Wildman–Crippen MR) is 104 cm³/mol. The molecule has 3 aromatic rings. The summed E-state index contributed by atoms with van der Waals surface area (Å²) in [5, 5.41) is 13.5. The minimum atomic E-state index is -0.594. The minimum Gasteiger partial charge on any atom is -0.395 e. The van der Waals surface area contributed by atoms with Crippen LogP contribution in [0.15, 0.2) is 36.4 Å². The van der Waals surface area contributed by atoms with Crippen LogP contribution in [0.25, 0.3) is 22.2 Å². The highest BCUT2D eigenvalue weighted by molar-refractivity contribution is 7.97. The van der Waals surface area contributed by atoms with Crippen molar-refractivity contribution in [2.75, 3.05) is 12.4 Å². The number of hydrogen-bond donors (Lipinski definition) is 3. The van der Waals surface area contributed by atoms with Gasteiger partial charge < -0.3 is 10.1 Å². The van der Waals surface area contributed by atoms with Crippen molar-refractivity contribution in [3.63, 3.8) is 0 Å². The molecule has 27 heavy (non-hydrogen) atoms. The Morgan fingerprint density at radius 1 is 1.07 bits per heavy atom. The van der Waals surface area contributed by atoms with Crippen molar-refractivity contribution >= 4 is 22.9 Å². The fraction of sp³-hybridized carbons (Fsp3) is 0.300. The zero-order chi connectivity index (χ0) is 19.4. The molecule has 1 aliphatic carbocycles. The van der Waals surface area contributed by atoms with Crippen LogP contribution in [-0.2, 0) is 0 Å². The standard InChI is InChI=1S/C18H14F3N.C2H7NOS/c19-12-6-4-11(5-7-12)17-16(10-2-1-3-10)14-8-13(20)9-15(21)18(14)22-17;3-5-2-1-4/h4-10,22H,1-3H2;4H,1-3H2. The van der Waals surface area contributed by atoms with Gasteiger partial charge in [0.1, 0.15) is 17.5 Å². The summed E-state index contributed by atoms with van der Waals surface area (Å²) in [4.78, 5) is 3.08. The number of nitrogens with two attached hydrogens (primary N) is 1. The molecule has 0 bridgehead atoms. The van der Waals surface area contributed by atoms with E-state index in [1.807, 2.05) is 0 Å².